The topological polar surface area (TPSA) is 67.6 Å². The van der Waals surface area contributed by atoms with E-state index in [0.29, 0.717) is 12.5 Å². The highest BCUT2D eigenvalue weighted by Crippen LogP contribution is 2.28. The number of carbonyl (C=O) groups excluding carboxylic acids is 1. The van der Waals surface area contributed by atoms with Crippen molar-refractivity contribution in [2.24, 2.45) is 5.41 Å². The molecule has 6 nitrogen and oxygen atoms in total. The number of oxazole rings is 1. The van der Waals surface area contributed by atoms with Crippen LogP contribution in [-0.4, -0.2) is 35.2 Å². The van der Waals surface area contributed by atoms with Crippen LogP contribution in [-0.2, 0) is 11.3 Å². The smallest absolute Gasteiger partial charge is 0.415 e. The highest BCUT2D eigenvalue weighted by molar-refractivity contribution is 5.81. The third kappa shape index (κ3) is 5.58. The number of amides is 1. The lowest BCUT2D eigenvalue weighted by Gasteiger charge is -2.31. The zero-order valence-electron chi connectivity index (χ0n) is 17.3. The molecular weight excluding hydrogens is 354 g/mol. The molecule has 0 saturated carbocycles. The minimum Gasteiger partial charge on any atom is -0.446 e. The van der Waals surface area contributed by atoms with Gasteiger partial charge in [0.15, 0.2) is 0 Å². The molecule has 1 atom stereocenters. The van der Waals surface area contributed by atoms with Gasteiger partial charge in [-0.15, -0.1) is 0 Å². The molecule has 2 aromatic rings. The molecule has 0 radical (unpaired) electrons. The number of rotatable bonds is 5. The molecule has 1 amide bonds. The number of nitrogens with zero attached hydrogens (tertiary/aromatic N) is 2. The van der Waals surface area contributed by atoms with Crippen LogP contribution >= 0.6 is 0 Å². The van der Waals surface area contributed by atoms with Crippen LogP contribution in [0.15, 0.2) is 40.9 Å². The van der Waals surface area contributed by atoms with Crippen molar-refractivity contribution in [3.63, 3.8) is 0 Å². The molecule has 1 aliphatic heterocycles. The van der Waals surface area contributed by atoms with Crippen LogP contribution in [0.25, 0.3) is 0 Å². The summed E-state index contributed by atoms with van der Waals surface area (Å²) in [6.45, 7) is 10.7. The number of anilines is 1. The van der Waals surface area contributed by atoms with E-state index in [1.807, 2.05) is 27.7 Å². The monoisotopic (exact) mass is 385 g/mol. The van der Waals surface area contributed by atoms with Gasteiger partial charge in [0.25, 0.3) is 0 Å². The van der Waals surface area contributed by atoms with E-state index in [9.17, 15) is 4.79 Å². The van der Waals surface area contributed by atoms with E-state index in [2.05, 4.69) is 45.5 Å². The van der Waals surface area contributed by atoms with Crippen molar-refractivity contribution in [2.75, 3.05) is 18.4 Å². The van der Waals surface area contributed by atoms with E-state index >= 15 is 0 Å². The number of ether oxygens (including phenoxy) is 1. The molecule has 1 N–H and O–H groups in total. The minimum absolute atomic E-state index is 0.120. The largest absolute Gasteiger partial charge is 0.446 e. The highest BCUT2D eigenvalue weighted by atomic mass is 16.6. The molecule has 28 heavy (non-hydrogen) atoms. The number of aromatic nitrogens is 1. The summed E-state index contributed by atoms with van der Waals surface area (Å²) >= 11 is 0. The summed E-state index contributed by atoms with van der Waals surface area (Å²) in [6, 6.07) is 10.9. The number of hydrogen-bond acceptors (Lipinski definition) is 5. The number of carbonyl (C=O) groups is 1. The molecule has 1 aromatic carbocycles. The normalized spacial score (nSPS) is 17.3. The van der Waals surface area contributed by atoms with Crippen molar-refractivity contribution in [3.8, 4) is 0 Å². The van der Waals surface area contributed by atoms with E-state index in [-0.39, 0.29) is 17.5 Å². The van der Waals surface area contributed by atoms with Crippen molar-refractivity contribution >= 4 is 12.1 Å². The third-order valence-electron chi connectivity index (χ3n) is 5.50. The standard InChI is InChI=1S/C22H31N3O3/c1-16(22(2,3)4)27-21(26)24-20-23-14-19(28-20)15-25-12-10-18(11-13-25)17-8-6-5-7-9-17/h5-9,14,16,18H,10-13,15H2,1-4H3,(H,23,24,26). The van der Waals surface area contributed by atoms with Crippen LogP contribution < -0.4 is 5.32 Å². The summed E-state index contributed by atoms with van der Waals surface area (Å²) in [4.78, 5) is 18.5. The first-order valence-electron chi connectivity index (χ1n) is 10.0. The van der Waals surface area contributed by atoms with Gasteiger partial charge in [-0.3, -0.25) is 4.90 Å². The van der Waals surface area contributed by atoms with Gasteiger partial charge in [0.1, 0.15) is 11.9 Å². The maximum absolute atomic E-state index is 12.0. The minimum atomic E-state index is -0.542. The maximum Gasteiger partial charge on any atom is 0.415 e. The van der Waals surface area contributed by atoms with Crippen molar-refractivity contribution < 1.29 is 13.9 Å². The second kappa shape index (κ2) is 8.78. The summed E-state index contributed by atoms with van der Waals surface area (Å²) in [5.74, 6) is 1.38. The average Bonchev–Trinajstić information content (AvgIpc) is 3.09. The van der Waals surface area contributed by atoms with Crippen molar-refractivity contribution in [1.82, 2.24) is 9.88 Å². The lowest BCUT2D eigenvalue weighted by Crippen LogP contribution is -2.32. The van der Waals surface area contributed by atoms with Gasteiger partial charge in [0.05, 0.1) is 12.7 Å². The van der Waals surface area contributed by atoms with Gasteiger partial charge in [-0.1, -0.05) is 51.1 Å². The number of nitrogens with one attached hydrogen (secondary N) is 1. The lowest BCUT2D eigenvalue weighted by atomic mass is 9.89. The van der Waals surface area contributed by atoms with Crippen LogP contribution in [0.5, 0.6) is 0 Å². The number of likely N-dealkylation sites (tertiary alicyclic amines) is 1. The predicted molar refractivity (Wildman–Crippen MR) is 109 cm³/mol. The molecule has 152 valence electrons. The van der Waals surface area contributed by atoms with Crippen molar-refractivity contribution in [3.05, 3.63) is 47.9 Å². The van der Waals surface area contributed by atoms with Gasteiger partial charge in [-0.2, -0.15) is 0 Å². The highest BCUT2D eigenvalue weighted by Gasteiger charge is 2.25. The fourth-order valence-electron chi connectivity index (χ4n) is 3.26. The van der Waals surface area contributed by atoms with Crippen LogP contribution in [0.1, 0.15) is 57.8 Å². The Balaban J connectivity index is 1.46. The molecule has 1 fully saturated rings. The fourth-order valence-corrected chi connectivity index (χ4v) is 3.26. The van der Waals surface area contributed by atoms with E-state index in [4.69, 9.17) is 9.15 Å². The quantitative estimate of drug-likeness (QED) is 0.781. The van der Waals surface area contributed by atoms with Crippen molar-refractivity contribution in [2.45, 2.75) is 59.1 Å². The van der Waals surface area contributed by atoms with E-state index in [0.717, 1.165) is 31.7 Å². The molecule has 0 aliphatic carbocycles. The number of hydrogen-bond donors (Lipinski definition) is 1. The molecule has 1 saturated heterocycles. The van der Waals surface area contributed by atoms with Crippen LogP contribution in [0.4, 0.5) is 10.8 Å². The zero-order valence-corrected chi connectivity index (χ0v) is 17.3. The molecular formula is C22H31N3O3. The fraction of sp³-hybridized carbons (Fsp3) is 0.545. The summed E-state index contributed by atoms with van der Waals surface area (Å²) in [7, 11) is 0. The lowest BCUT2D eigenvalue weighted by molar-refractivity contribution is 0.0524. The summed E-state index contributed by atoms with van der Waals surface area (Å²) in [6.07, 6.45) is 3.19. The first kappa shape index (κ1) is 20.4. The molecule has 2 heterocycles. The van der Waals surface area contributed by atoms with E-state index in [1.165, 1.54) is 5.56 Å². The van der Waals surface area contributed by atoms with Crippen LogP contribution in [0.3, 0.4) is 0 Å². The Bertz CT molecular complexity index is 759. The van der Waals surface area contributed by atoms with E-state index < -0.39 is 6.09 Å². The Hall–Kier alpha value is -2.34. The SMILES string of the molecule is CC(OC(=O)Nc1ncc(CN2CCC(c3ccccc3)CC2)o1)C(C)(C)C. The predicted octanol–water partition coefficient (Wildman–Crippen LogP) is 5.04. The Labute approximate surface area is 167 Å². The summed E-state index contributed by atoms with van der Waals surface area (Å²) < 4.78 is 11.0. The molecule has 6 heteroatoms. The Kier molecular flexibility index (Phi) is 6.39. The molecule has 1 aromatic heterocycles. The van der Waals surface area contributed by atoms with Gasteiger partial charge in [0, 0.05) is 0 Å². The molecule has 1 aliphatic rings. The third-order valence-corrected chi connectivity index (χ3v) is 5.50. The van der Waals surface area contributed by atoms with Gasteiger partial charge in [-0.05, 0) is 49.8 Å². The Morgan fingerprint density at radius 2 is 1.96 bits per heavy atom. The summed E-state index contributed by atoms with van der Waals surface area (Å²) in [5, 5.41) is 2.57. The molecule has 0 spiro atoms. The van der Waals surface area contributed by atoms with E-state index in [1.54, 1.807) is 6.20 Å². The second-order valence-electron chi connectivity index (χ2n) is 8.63. The van der Waals surface area contributed by atoms with Gasteiger partial charge in [-0.25, -0.2) is 15.1 Å². The number of benzene rings is 1. The van der Waals surface area contributed by atoms with Gasteiger partial charge < -0.3 is 9.15 Å². The first-order chi connectivity index (χ1) is 13.3. The van der Waals surface area contributed by atoms with Gasteiger partial charge >= 0.3 is 12.1 Å². The molecule has 3 rings (SSSR count). The first-order valence-corrected chi connectivity index (χ1v) is 10.0. The Morgan fingerprint density at radius 3 is 2.61 bits per heavy atom. The molecule has 0 bridgehead atoms. The van der Waals surface area contributed by atoms with Crippen LogP contribution in [0, 0.1) is 5.41 Å². The zero-order chi connectivity index (χ0) is 20.1. The number of piperidine rings is 1. The maximum atomic E-state index is 12.0. The average molecular weight is 386 g/mol. The summed E-state index contributed by atoms with van der Waals surface area (Å²) in [5.41, 5.74) is 1.31. The molecule has 1 unspecified atom stereocenters. The van der Waals surface area contributed by atoms with Crippen LogP contribution in [0.2, 0.25) is 0 Å². The Morgan fingerprint density at radius 1 is 1.29 bits per heavy atom. The van der Waals surface area contributed by atoms with Crippen molar-refractivity contribution in [1.29, 1.82) is 0 Å². The van der Waals surface area contributed by atoms with Gasteiger partial charge in [0.2, 0.25) is 0 Å². The second-order valence-corrected chi connectivity index (χ2v) is 8.63.